The average Bonchev–Trinajstić information content (AvgIpc) is 3.26. The third-order valence-electron chi connectivity index (χ3n) is 5.05. The van der Waals surface area contributed by atoms with E-state index in [-0.39, 0.29) is 17.5 Å². The molecule has 6 heteroatoms. The summed E-state index contributed by atoms with van der Waals surface area (Å²) in [5.74, 6) is 0.468. The van der Waals surface area contributed by atoms with Gasteiger partial charge in [-0.05, 0) is 53.3 Å². The molecule has 0 bridgehead atoms. The van der Waals surface area contributed by atoms with Gasteiger partial charge in [0.1, 0.15) is 5.82 Å². The van der Waals surface area contributed by atoms with E-state index in [4.69, 9.17) is 9.47 Å². The number of thiophene rings is 1. The Morgan fingerprint density at radius 2 is 1.86 bits per heavy atom. The third-order valence-corrected chi connectivity index (χ3v) is 5.98. The number of nitrogens with zero attached hydrogens (tertiary/aromatic N) is 1. The van der Waals surface area contributed by atoms with Crippen LogP contribution in [-0.2, 0) is 6.42 Å². The maximum Gasteiger partial charge on any atom is 0.257 e. The largest absolute Gasteiger partial charge is 0.493 e. The smallest absolute Gasteiger partial charge is 0.257 e. The Hall–Kier alpha value is -2.86. The molecule has 1 aliphatic rings. The van der Waals surface area contributed by atoms with Gasteiger partial charge in [-0.25, -0.2) is 4.39 Å². The number of amides is 1. The fourth-order valence-corrected chi connectivity index (χ4v) is 4.56. The van der Waals surface area contributed by atoms with Crippen LogP contribution in [0.25, 0.3) is 0 Å². The summed E-state index contributed by atoms with van der Waals surface area (Å²) in [5, 5.41) is 1.98. The monoisotopic (exact) mass is 397 g/mol. The van der Waals surface area contributed by atoms with E-state index in [0.717, 1.165) is 16.0 Å². The highest BCUT2D eigenvalue weighted by atomic mass is 32.1. The maximum atomic E-state index is 14.3. The van der Waals surface area contributed by atoms with Gasteiger partial charge in [-0.3, -0.25) is 4.79 Å². The molecule has 1 aliphatic heterocycles. The minimum absolute atomic E-state index is 0.0907. The van der Waals surface area contributed by atoms with Crippen LogP contribution in [0.4, 0.5) is 4.39 Å². The molecular weight excluding hydrogens is 377 g/mol. The van der Waals surface area contributed by atoms with Crippen LogP contribution in [0.1, 0.15) is 32.4 Å². The van der Waals surface area contributed by atoms with E-state index < -0.39 is 5.82 Å². The molecule has 0 aliphatic carbocycles. The molecule has 3 aromatic rings. The first-order valence-electron chi connectivity index (χ1n) is 8.97. The molecule has 2 aromatic carbocycles. The normalized spacial score (nSPS) is 15.8. The fourth-order valence-electron chi connectivity index (χ4n) is 3.71. The first kappa shape index (κ1) is 18.5. The zero-order chi connectivity index (χ0) is 19.7. The van der Waals surface area contributed by atoms with Gasteiger partial charge in [-0.2, -0.15) is 0 Å². The minimum atomic E-state index is -0.504. The van der Waals surface area contributed by atoms with Crippen molar-refractivity contribution in [3.8, 4) is 11.5 Å². The predicted octanol–water partition coefficient (Wildman–Crippen LogP) is 4.69. The van der Waals surface area contributed by atoms with Crippen molar-refractivity contribution in [1.29, 1.82) is 0 Å². The topological polar surface area (TPSA) is 38.8 Å². The Labute approximate surface area is 167 Å². The van der Waals surface area contributed by atoms with Crippen molar-refractivity contribution >= 4 is 17.2 Å². The first-order chi connectivity index (χ1) is 13.6. The van der Waals surface area contributed by atoms with Gasteiger partial charge in [0, 0.05) is 11.4 Å². The van der Waals surface area contributed by atoms with Crippen molar-refractivity contribution in [3.05, 3.63) is 81.3 Å². The SMILES string of the molecule is COc1cc2c(cc1OC)[C@H](c1cccs1)N(C(=O)c1ccccc1F)CC2. The number of benzene rings is 2. The van der Waals surface area contributed by atoms with Crippen molar-refractivity contribution in [1.82, 2.24) is 4.90 Å². The molecule has 0 N–H and O–H groups in total. The van der Waals surface area contributed by atoms with Gasteiger partial charge in [0.15, 0.2) is 11.5 Å². The second-order valence-corrected chi connectivity index (χ2v) is 7.53. The summed E-state index contributed by atoms with van der Waals surface area (Å²) in [6.07, 6.45) is 0.664. The van der Waals surface area contributed by atoms with Crippen molar-refractivity contribution in [3.63, 3.8) is 0 Å². The molecule has 2 heterocycles. The zero-order valence-electron chi connectivity index (χ0n) is 15.6. The molecular formula is C22H20FNO3S. The van der Waals surface area contributed by atoms with Gasteiger partial charge < -0.3 is 14.4 Å². The van der Waals surface area contributed by atoms with E-state index in [2.05, 4.69) is 0 Å². The number of hydrogen-bond acceptors (Lipinski definition) is 4. The molecule has 0 spiro atoms. The maximum absolute atomic E-state index is 14.3. The number of carbonyl (C=O) groups excluding carboxylic acids is 1. The predicted molar refractivity (Wildman–Crippen MR) is 107 cm³/mol. The van der Waals surface area contributed by atoms with Crippen LogP contribution < -0.4 is 9.47 Å². The minimum Gasteiger partial charge on any atom is -0.493 e. The molecule has 4 rings (SSSR count). The summed E-state index contributed by atoms with van der Waals surface area (Å²) in [7, 11) is 3.20. The van der Waals surface area contributed by atoms with Crippen LogP contribution in [0.5, 0.6) is 11.5 Å². The molecule has 28 heavy (non-hydrogen) atoms. The van der Waals surface area contributed by atoms with Crippen molar-refractivity contribution in [2.24, 2.45) is 0 Å². The second kappa shape index (κ2) is 7.64. The number of hydrogen-bond donors (Lipinski definition) is 0. The van der Waals surface area contributed by atoms with E-state index >= 15 is 0 Å². The Morgan fingerprint density at radius 1 is 1.11 bits per heavy atom. The van der Waals surface area contributed by atoms with Gasteiger partial charge in [0.05, 0.1) is 25.8 Å². The van der Waals surface area contributed by atoms with E-state index in [0.29, 0.717) is 24.5 Å². The van der Waals surface area contributed by atoms with E-state index in [1.54, 1.807) is 42.6 Å². The van der Waals surface area contributed by atoms with Crippen LogP contribution in [0.15, 0.2) is 53.9 Å². The zero-order valence-corrected chi connectivity index (χ0v) is 16.5. The molecule has 1 atom stereocenters. The quantitative estimate of drug-likeness (QED) is 0.641. The molecule has 144 valence electrons. The lowest BCUT2D eigenvalue weighted by atomic mass is 9.90. The number of ether oxygens (including phenoxy) is 2. The summed E-state index contributed by atoms with van der Waals surface area (Å²) in [5.41, 5.74) is 2.18. The Kier molecular flexibility index (Phi) is 5.05. The fraction of sp³-hybridized carbons (Fsp3) is 0.227. The highest BCUT2D eigenvalue weighted by molar-refractivity contribution is 7.10. The number of fused-ring (bicyclic) bond motifs is 1. The molecule has 0 fully saturated rings. The van der Waals surface area contributed by atoms with Crippen LogP contribution in [0.2, 0.25) is 0 Å². The number of halogens is 1. The van der Waals surface area contributed by atoms with E-state index in [9.17, 15) is 9.18 Å². The number of carbonyl (C=O) groups is 1. The lowest BCUT2D eigenvalue weighted by molar-refractivity contribution is 0.0692. The summed E-state index contributed by atoms with van der Waals surface area (Å²) < 4.78 is 25.2. The summed E-state index contributed by atoms with van der Waals surface area (Å²) in [4.78, 5) is 16.0. The molecule has 0 radical (unpaired) electrons. The third kappa shape index (κ3) is 3.14. The summed E-state index contributed by atoms with van der Waals surface area (Å²) in [6.45, 7) is 0.498. The van der Waals surface area contributed by atoms with Crippen LogP contribution in [0, 0.1) is 5.82 Å². The van der Waals surface area contributed by atoms with Crippen molar-refractivity contribution in [2.75, 3.05) is 20.8 Å². The van der Waals surface area contributed by atoms with Gasteiger partial charge >= 0.3 is 0 Å². The van der Waals surface area contributed by atoms with Crippen LogP contribution >= 0.6 is 11.3 Å². The second-order valence-electron chi connectivity index (χ2n) is 6.55. The molecule has 1 aromatic heterocycles. The Morgan fingerprint density at radius 3 is 2.54 bits per heavy atom. The number of rotatable bonds is 4. The highest BCUT2D eigenvalue weighted by Gasteiger charge is 2.35. The first-order valence-corrected chi connectivity index (χ1v) is 9.85. The average molecular weight is 397 g/mol. The number of methoxy groups -OCH3 is 2. The Bertz CT molecular complexity index is 1000. The van der Waals surface area contributed by atoms with E-state index in [1.165, 1.54) is 12.1 Å². The molecule has 1 amide bonds. The van der Waals surface area contributed by atoms with Crippen molar-refractivity contribution in [2.45, 2.75) is 12.5 Å². The summed E-state index contributed by atoms with van der Waals surface area (Å²) in [6, 6.07) is 13.7. The molecule has 4 nitrogen and oxygen atoms in total. The van der Waals surface area contributed by atoms with Gasteiger partial charge in [0.25, 0.3) is 5.91 Å². The van der Waals surface area contributed by atoms with E-state index in [1.807, 2.05) is 29.6 Å². The van der Waals surface area contributed by atoms with Gasteiger partial charge in [-0.1, -0.05) is 18.2 Å². The van der Waals surface area contributed by atoms with Gasteiger partial charge in [0.2, 0.25) is 0 Å². The molecule has 0 unspecified atom stereocenters. The van der Waals surface area contributed by atoms with Gasteiger partial charge in [-0.15, -0.1) is 11.3 Å². The molecule has 0 saturated carbocycles. The van der Waals surface area contributed by atoms with Crippen LogP contribution in [0.3, 0.4) is 0 Å². The standard InChI is InChI=1S/C22H20FNO3S/c1-26-18-12-14-9-10-24(22(25)15-6-3-4-7-17(15)23)21(20-8-5-11-28-20)16(14)13-19(18)27-2/h3-8,11-13,21H,9-10H2,1-2H3/t21-/m1/s1. The summed E-state index contributed by atoms with van der Waals surface area (Å²) >= 11 is 1.58. The lowest BCUT2D eigenvalue weighted by Crippen LogP contribution is -2.40. The highest BCUT2D eigenvalue weighted by Crippen LogP contribution is 2.42. The lowest BCUT2D eigenvalue weighted by Gasteiger charge is -2.37. The van der Waals surface area contributed by atoms with Crippen LogP contribution in [-0.4, -0.2) is 31.6 Å². The Balaban J connectivity index is 1.84. The van der Waals surface area contributed by atoms with Crippen molar-refractivity contribution < 1.29 is 18.7 Å². The molecule has 0 saturated heterocycles.